The Balaban J connectivity index is 2.20. The van der Waals surface area contributed by atoms with Crippen LogP contribution in [0.3, 0.4) is 0 Å². The fourth-order valence-electron chi connectivity index (χ4n) is 3.26. The maximum absolute atomic E-state index is 13.1. The Kier molecular flexibility index (Phi) is 6.45. The number of carbonyl (C=O) groups excluding carboxylic acids is 2. The monoisotopic (exact) mass is 346 g/mol. The summed E-state index contributed by atoms with van der Waals surface area (Å²) in [5, 5.41) is 1.51. The minimum atomic E-state index is -0.499. The highest BCUT2D eigenvalue weighted by atomic mass is 16.5. The summed E-state index contributed by atoms with van der Waals surface area (Å²) >= 11 is 0. The van der Waals surface area contributed by atoms with Crippen LogP contribution in [-0.4, -0.2) is 29.5 Å². The molecular weight excluding hydrogens is 316 g/mol. The number of benzene rings is 1. The molecule has 1 aliphatic rings. The lowest BCUT2D eigenvalue weighted by Crippen LogP contribution is -2.57. The maximum atomic E-state index is 13.1. The number of hydrogen-bond donors (Lipinski definition) is 1. The summed E-state index contributed by atoms with van der Waals surface area (Å²) < 4.78 is 5.26. The number of hydrazine groups is 1. The molecule has 138 valence electrons. The summed E-state index contributed by atoms with van der Waals surface area (Å²) in [6.45, 7) is 5.80. The van der Waals surface area contributed by atoms with Crippen molar-refractivity contribution in [1.82, 2.24) is 10.4 Å². The molecule has 0 radical (unpaired) electrons. The predicted molar refractivity (Wildman–Crippen MR) is 98.3 cm³/mol. The molecule has 0 aromatic heterocycles. The van der Waals surface area contributed by atoms with Crippen molar-refractivity contribution < 1.29 is 14.3 Å². The largest absolute Gasteiger partial charge is 0.496 e. The molecule has 0 spiro atoms. The Morgan fingerprint density at radius 3 is 2.24 bits per heavy atom. The Hall–Kier alpha value is -2.04. The van der Waals surface area contributed by atoms with E-state index in [1.807, 2.05) is 26.8 Å². The zero-order chi connectivity index (χ0) is 18.4. The quantitative estimate of drug-likeness (QED) is 0.666. The molecule has 0 atom stereocenters. The van der Waals surface area contributed by atoms with Gasteiger partial charge in [0.15, 0.2) is 0 Å². The molecule has 1 fully saturated rings. The summed E-state index contributed by atoms with van der Waals surface area (Å²) in [4.78, 5) is 25.9. The lowest BCUT2D eigenvalue weighted by Gasteiger charge is -2.37. The number of ether oxygens (including phenoxy) is 1. The smallest absolute Gasteiger partial charge is 0.273 e. The van der Waals surface area contributed by atoms with Gasteiger partial charge in [-0.2, -0.15) is 0 Å². The van der Waals surface area contributed by atoms with Crippen LogP contribution in [0.1, 0.15) is 69.7 Å². The van der Waals surface area contributed by atoms with Gasteiger partial charge in [-0.3, -0.25) is 15.0 Å². The van der Waals surface area contributed by atoms with Gasteiger partial charge in [-0.05, 0) is 45.7 Å². The van der Waals surface area contributed by atoms with Crippen LogP contribution in [-0.2, 0) is 4.79 Å². The highest BCUT2D eigenvalue weighted by molar-refractivity contribution is 5.98. The van der Waals surface area contributed by atoms with E-state index in [2.05, 4.69) is 5.43 Å². The van der Waals surface area contributed by atoms with Crippen molar-refractivity contribution in [3.05, 3.63) is 29.8 Å². The molecule has 2 amide bonds. The number of hydrogen-bond acceptors (Lipinski definition) is 3. The number of rotatable bonds is 3. The van der Waals surface area contributed by atoms with E-state index >= 15 is 0 Å². The second-order valence-electron chi connectivity index (χ2n) is 7.67. The van der Waals surface area contributed by atoms with Gasteiger partial charge in [-0.25, -0.2) is 5.01 Å². The maximum Gasteiger partial charge on any atom is 0.273 e. The number of carbonyl (C=O) groups is 2. The molecule has 2 rings (SSSR count). The third-order valence-corrected chi connectivity index (χ3v) is 4.66. The van der Waals surface area contributed by atoms with Crippen LogP contribution in [0.2, 0.25) is 0 Å². The topological polar surface area (TPSA) is 58.6 Å². The fourth-order valence-corrected chi connectivity index (χ4v) is 3.26. The summed E-state index contributed by atoms with van der Waals surface area (Å²) in [6, 6.07) is 7.04. The van der Waals surface area contributed by atoms with Crippen LogP contribution in [0.4, 0.5) is 0 Å². The molecule has 0 bridgehead atoms. The zero-order valence-electron chi connectivity index (χ0n) is 15.8. The second-order valence-corrected chi connectivity index (χ2v) is 7.67. The van der Waals surface area contributed by atoms with Crippen LogP contribution in [0.15, 0.2) is 24.3 Å². The highest BCUT2D eigenvalue weighted by Gasteiger charge is 2.34. The zero-order valence-corrected chi connectivity index (χ0v) is 15.8. The summed E-state index contributed by atoms with van der Waals surface area (Å²) in [7, 11) is 1.53. The van der Waals surface area contributed by atoms with E-state index in [4.69, 9.17) is 4.74 Å². The van der Waals surface area contributed by atoms with Crippen LogP contribution in [0.5, 0.6) is 5.75 Å². The molecule has 25 heavy (non-hydrogen) atoms. The lowest BCUT2D eigenvalue weighted by atomic mass is 9.96. The van der Waals surface area contributed by atoms with Gasteiger partial charge in [-0.15, -0.1) is 0 Å². The molecule has 0 aliphatic heterocycles. The minimum absolute atomic E-state index is 0.0117. The Morgan fingerprint density at radius 2 is 1.68 bits per heavy atom. The van der Waals surface area contributed by atoms with Gasteiger partial charge >= 0.3 is 0 Å². The molecule has 1 aromatic rings. The van der Waals surface area contributed by atoms with Crippen molar-refractivity contribution in [1.29, 1.82) is 0 Å². The standard InChI is InChI=1S/C20H30N2O3/c1-20(2,3)22(19(24)15-11-7-5-6-8-12-15)21-18(23)16-13-9-10-14-17(16)25-4/h9-10,13-15H,5-8,11-12H2,1-4H3,(H,21,23). The first-order chi connectivity index (χ1) is 11.8. The number of nitrogens with one attached hydrogen (secondary N) is 1. The molecule has 0 unspecified atom stereocenters. The van der Waals surface area contributed by atoms with Gasteiger partial charge in [0.25, 0.3) is 5.91 Å². The van der Waals surface area contributed by atoms with Crippen LogP contribution in [0, 0.1) is 5.92 Å². The molecule has 1 aromatic carbocycles. The van der Waals surface area contributed by atoms with E-state index in [1.54, 1.807) is 18.2 Å². The molecule has 0 saturated heterocycles. The van der Waals surface area contributed by atoms with Crippen molar-refractivity contribution in [2.75, 3.05) is 7.11 Å². The predicted octanol–water partition coefficient (Wildman–Crippen LogP) is 3.94. The van der Waals surface area contributed by atoms with Gasteiger partial charge in [-0.1, -0.05) is 37.8 Å². The van der Waals surface area contributed by atoms with Crippen molar-refractivity contribution in [3.63, 3.8) is 0 Å². The average molecular weight is 346 g/mol. The van der Waals surface area contributed by atoms with Crippen molar-refractivity contribution >= 4 is 11.8 Å². The molecule has 1 N–H and O–H groups in total. The summed E-state index contributed by atoms with van der Waals surface area (Å²) in [5.41, 5.74) is 2.76. The van der Waals surface area contributed by atoms with Gasteiger partial charge in [0.1, 0.15) is 5.75 Å². The lowest BCUT2D eigenvalue weighted by molar-refractivity contribution is -0.144. The van der Waals surface area contributed by atoms with E-state index in [9.17, 15) is 9.59 Å². The SMILES string of the molecule is COc1ccccc1C(=O)NN(C(=O)C1CCCCCC1)C(C)(C)C. The van der Waals surface area contributed by atoms with Crippen molar-refractivity contribution in [2.45, 2.75) is 64.8 Å². The fraction of sp³-hybridized carbons (Fsp3) is 0.600. The van der Waals surface area contributed by atoms with E-state index in [1.165, 1.54) is 25.0 Å². The van der Waals surface area contributed by atoms with E-state index in [0.29, 0.717) is 11.3 Å². The molecular formula is C20H30N2O3. The third-order valence-electron chi connectivity index (χ3n) is 4.66. The number of para-hydroxylation sites is 1. The first kappa shape index (κ1) is 19.3. The second kappa shape index (κ2) is 8.37. The van der Waals surface area contributed by atoms with Gasteiger partial charge in [0.05, 0.1) is 18.2 Å². The molecule has 5 heteroatoms. The van der Waals surface area contributed by atoms with E-state index in [-0.39, 0.29) is 17.7 Å². The highest BCUT2D eigenvalue weighted by Crippen LogP contribution is 2.27. The number of nitrogens with zero attached hydrogens (tertiary/aromatic N) is 1. The Bertz CT molecular complexity index is 599. The summed E-state index contributed by atoms with van der Waals surface area (Å²) in [5.74, 6) is 0.169. The number of amides is 2. The molecule has 1 saturated carbocycles. The van der Waals surface area contributed by atoms with Crippen LogP contribution >= 0.6 is 0 Å². The first-order valence-electron chi connectivity index (χ1n) is 9.12. The van der Waals surface area contributed by atoms with Crippen LogP contribution < -0.4 is 10.2 Å². The van der Waals surface area contributed by atoms with Crippen molar-refractivity contribution in [2.24, 2.45) is 5.92 Å². The average Bonchev–Trinajstić information content (AvgIpc) is 2.87. The normalized spacial score (nSPS) is 16.0. The van der Waals surface area contributed by atoms with E-state index in [0.717, 1.165) is 25.7 Å². The Labute approximate surface area is 150 Å². The van der Waals surface area contributed by atoms with Crippen LogP contribution in [0.25, 0.3) is 0 Å². The molecule has 0 heterocycles. The Morgan fingerprint density at radius 1 is 1.08 bits per heavy atom. The first-order valence-corrected chi connectivity index (χ1v) is 9.12. The number of methoxy groups -OCH3 is 1. The van der Waals surface area contributed by atoms with Crippen molar-refractivity contribution in [3.8, 4) is 5.75 Å². The van der Waals surface area contributed by atoms with Gasteiger partial charge in [0, 0.05) is 5.92 Å². The molecule has 1 aliphatic carbocycles. The van der Waals surface area contributed by atoms with Gasteiger partial charge in [0.2, 0.25) is 5.91 Å². The summed E-state index contributed by atoms with van der Waals surface area (Å²) in [6.07, 6.45) is 6.33. The van der Waals surface area contributed by atoms with E-state index < -0.39 is 5.54 Å². The minimum Gasteiger partial charge on any atom is -0.496 e. The molecule has 5 nitrogen and oxygen atoms in total. The van der Waals surface area contributed by atoms with Gasteiger partial charge < -0.3 is 4.74 Å². The third kappa shape index (κ3) is 4.97.